The summed E-state index contributed by atoms with van der Waals surface area (Å²) in [7, 11) is 34.1. The summed E-state index contributed by atoms with van der Waals surface area (Å²) in [6.45, 7) is 35.1. The van der Waals surface area contributed by atoms with Crippen molar-refractivity contribution in [3.05, 3.63) is 89.7 Å². The number of unbranched alkanes of at least 4 members (excludes halogenated alkanes) is 5. The normalized spacial score (nSPS) is 39.0. The van der Waals surface area contributed by atoms with Crippen LogP contribution in [-0.4, -0.2) is 32.3 Å². The van der Waals surface area contributed by atoms with Crippen LogP contribution in [0.15, 0.2) is 30.3 Å². The first kappa shape index (κ1) is 135. The van der Waals surface area contributed by atoms with Gasteiger partial charge >= 0.3 is 151 Å². The van der Waals surface area contributed by atoms with Crippen LogP contribution in [0.25, 0.3) is 0 Å². The second kappa shape index (κ2) is 63.8. The van der Waals surface area contributed by atoms with Crippen LogP contribution in [0, 0.1) is 224 Å². The van der Waals surface area contributed by atoms with Crippen molar-refractivity contribution in [1.29, 1.82) is 0 Å². The third-order valence-corrected chi connectivity index (χ3v) is 69.6. The van der Waals surface area contributed by atoms with Gasteiger partial charge in [-0.25, -0.2) is 0 Å². The Bertz CT molecular complexity index is 3230. The minimum atomic E-state index is -1.69. The van der Waals surface area contributed by atoms with Gasteiger partial charge < -0.3 is 59.4 Å². The van der Waals surface area contributed by atoms with Gasteiger partial charge in [0.25, 0.3) is 0 Å². The van der Waals surface area contributed by atoms with Crippen LogP contribution in [0.2, 0.25) is 89.7 Å². The van der Waals surface area contributed by atoms with Gasteiger partial charge in [0.2, 0.25) is 0 Å². The molecular formula is C124H224Cl8Si4Zr4. The Morgan fingerprint density at radius 3 is 0.664 bits per heavy atom. The SMILES string of the molecule is CC(C)(C)C1CCC2C3CCC(C(C)(C)C)CC3C([Si](C)(C)C3CCCC3)C2C1.CCCCCCCC[Si](C)(C1C2CCCCC2C2CCCCC21)C1C2CCCCC2C2CCCCC21.C[Si](C)(C1CCCC1)C1C2CCCCC2C2CCCCC21.C[Si](c1ccccc1)(C1C2CCCCC2C2CCCCC21)C1C2CCCCC2C2CCCCC21.[CH3-].[CH3-].[CH3-].[CH3-].[CH3-].[CH3-].[CH3-].[CH3-].[Cl][Zr+2][Cl].[Cl][Zr+2][Cl].[Cl][Zr+2][Cl].[Cl][Zr+2][Cl]. The molecule has 0 aromatic heterocycles. The van der Waals surface area contributed by atoms with Gasteiger partial charge in [-0.3, -0.25) is 0 Å². The standard InChI is InChI=1S/C35H62Si.C33H50Si.C28H52Si.C20H36Si.8CH3.8ClH.4Zr/c1-3-4-5-6-7-16-25-36(2,34-30-21-12-8-17-26(30)27-18-9-13-22-31(27)34)35-32-23-14-10-19-28(32)29-20-11-15-24-33(29)35;1-34(23-13-3-2-4-14-23,32-28-19-9-5-15-24(28)25-16-6-10-20-29(25)32)33-30-21-11-7-17-26(30)27-18-8-12-22-31(27)33;1-27(2,3)19-13-15-22-23-16-14-20(28(4,5)6)18-25(23)26(24(22)17-19)29(7,8)21-11-9-10-12-21;1-21(2,15-9-3-4-10-15)20-18-13-7-5-11-16(18)17-12-6-8-14-19(17)20;;;;;;;;;;;;;;;;;;;;/h26-35H,3-25H2,1-2H3;2-4,13-14,24-33H,5-12,15-22H2,1H3;19-26H,9-18H2,1-8H3;15-20H,3-14H2,1-2H3;8*1H3;8*1H;;;;/q;;;;8*-1;;;;;;;;;4*+4/p-8. The van der Waals surface area contributed by atoms with E-state index < -0.39 is 116 Å². The van der Waals surface area contributed by atoms with E-state index in [-0.39, 0.29) is 59.4 Å². The minimum absolute atomic E-state index is 0. The molecule has 20 saturated carbocycles. The summed E-state index contributed by atoms with van der Waals surface area (Å²) in [4.78, 5) is 0. The van der Waals surface area contributed by atoms with Gasteiger partial charge in [0, 0.05) is 0 Å². The Morgan fingerprint density at radius 2 is 0.429 bits per heavy atom. The Morgan fingerprint density at radius 1 is 0.236 bits per heavy atom. The van der Waals surface area contributed by atoms with Crippen LogP contribution in [-0.2, 0) is 83.4 Å². The zero-order valence-corrected chi connectivity index (χ0v) is 115. The number of rotatable bonds is 16. The quantitative estimate of drug-likeness (QED) is 0.0879. The van der Waals surface area contributed by atoms with E-state index in [1.165, 1.54) is 121 Å². The average molecular weight is 2480 g/mol. The molecule has 20 aliphatic carbocycles. The first-order valence-corrected chi connectivity index (χ1v) is 95.8. The zero-order chi connectivity index (χ0) is 93.7. The van der Waals surface area contributed by atoms with Crippen LogP contribution in [0.4, 0.5) is 0 Å². The summed E-state index contributed by atoms with van der Waals surface area (Å²) in [5.74, 6) is 29.1. The Kier molecular flexibility index (Phi) is 61.3. The van der Waals surface area contributed by atoms with Crippen LogP contribution < -0.4 is 5.19 Å². The molecule has 26 atom stereocenters. The fraction of sp³-hybridized carbons (Fsp3) is 0.887. The molecule has 0 aliphatic heterocycles. The van der Waals surface area contributed by atoms with E-state index in [0.717, 1.165) is 129 Å². The molecule has 140 heavy (non-hydrogen) atoms. The van der Waals surface area contributed by atoms with E-state index in [9.17, 15) is 0 Å². The molecule has 0 radical (unpaired) electrons. The Balaban J connectivity index is 0.000000273. The molecule has 20 aliphatic rings. The molecule has 0 saturated heterocycles. The van der Waals surface area contributed by atoms with Crippen molar-refractivity contribution < 1.29 is 83.4 Å². The average Bonchev–Trinajstić information content (AvgIpc) is 1.56. The first-order chi connectivity index (χ1) is 63.8. The molecule has 0 N–H and O–H groups in total. The van der Waals surface area contributed by atoms with Crippen molar-refractivity contribution in [1.82, 2.24) is 0 Å². The summed E-state index contributed by atoms with van der Waals surface area (Å²) in [5, 5.41) is 1.90. The van der Waals surface area contributed by atoms with E-state index in [4.69, 9.17) is 68.1 Å². The number of hydrogen-bond donors (Lipinski definition) is 0. The maximum absolute atomic E-state index is 4.93. The van der Waals surface area contributed by atoms with Gasteiger partial charge in [-0.2, -0.15) is 0 Å². The van der Waals surface area contributed by atoms with Crippen molar-refractivity contribution in [3.8, 4) is 0 Å². The molecule has 0 spiro atoms. The summed E-state index contributed by atoms with van der Waals surface area (Å²) in [5.41, 5.74) is 10.4. The van der Waals surface area contributed by atoms with Crippen LogP contribution >= 0.6 is 68.1 Å². The molecule has 1 aromatic rings. The second-order valence-corrected chi connectivity index (χ2v) is 88.7. The van der Waals surface area contributed by atoms with Crippen LogP contribution in [0.3, 0.4) is 0 Å². The number of hydrogen-bond acceptors (Lipinski definition) is 0. The summed E-state index contributed by atoms with van der Waals surface area (Å²) in [6, 6.07) is 14.2. The zero-order valence-electron chi connectivity index (χ0n) is 95.2. The van der Waals surface area contributed by atoms with Crippen molar-refractivity contribution in [3.63, 3.8) is 0 Å². The second-order valence-electron chi connectivity index (χ2n) is 54.2. The molecule has 20 fully saturated rings. The predicted molar refractivity (Wildman–Crippen MR) is 630 cm³/mol. The van der Waals surface area contributed by atoms with Crippen LogP contribution in [0.1, 0.15) is 434 Å². The molecule has 0 nitrogen and oxygen atoms in total. The Hall–Kier alpha value is 5.94. The summed E-state index contributed by atoms with van der Waals surface area (Å²) < 4.78 is 0. The van der Waals surface area contributed by atoms with E-state index in [1.54, 1.807) is 340 Å². The van der Waals surface area contributed by atoms with Crippen molar-refractivity contribution in [2.24, 2.45) is 165 Å². The maximum atomic E-state index is 4.93. The van der Waals surface area contributed by atoms with Crippen molar-refractivity contribution in [2.45, 2.75) is 523 Å². The van der Waals surface area contributed by atoms with Gasteiger partial charge in [-0.05, 0) is 312 Å². The third kappa shape index (κ3) is 30.4. The number of fused-ring (bicyclic) bond motifs is 18. The van der Waals surface area contributed by atoms with E-state index in [0.29, 0.717) is 10.8 Å². The third-order valence-electron chi connectivity index (χ3n) is 46.8. The van der Waals surface area contributed by atoms with Gasteiger partial charge in [0.15, 0.2) is 0 Å². The molecule has 808 valence electrons. The molecule has 21 rings (SSSR count). The molecule has 1 aromatic carbocycles. The fourth-order valence-electron chi connectivity index (χ4n) is 42.6. The summed E-state index contributed by atoms with van der Waals surface area (Å²) >= 11 is -3.30. The Labute approximate surface area is 955 Å². The van der Waals surface area contributed by atoms with Crippen LogP contribution in [0.5, 0.6) is 0 Å². The number of benzene rings is 1. The predicted octanol–water partition coefficient (Wildman–Crippen LogP) is 45.3. The van der Waals surface area contributed by atoms with E-state index in [2.05, 4.69) is 118 Å². The number of halogens is 8. The van der Waals surface area contributed by atoms with Gasteiger partial charge in [-0.1, -0.05) is 412 Å². The molecule has 26 unspecified atom stereocenters. The fourth-order valence-corrected chi connectivity index (χ4v) is 68.5. The molecule has 0 bridgehead atoms. The van der Waals surface area contributed by atoms with Crippen molar-refractivity contribution in [2.75, 3.05) is 0 Å². The van der Waals surface area contributed by atoms with E-state index >= 15 is 0 Å². The molecule has 16 heteroatoms. The van der Waals surface area contributed by atoms with E-state index in [1.807, 2.05) is 5.19 Å². The molecule has 0 amide bonds. The molecule has 0 heterocycles. The van der Waals surface area contributed by atoms with Gasteiger partial charge in [0.1, 0.15) is 0 Å². The first-order valence-electron chi connectivity index (χ1n) is 58.7. The van der Waals surface area contributed by atoms with Crippen molar-refractivity contribution >= 4 is 106 Å². The monoisotopic (exact) mass is 2470 g/mol. The van der Waals surface area contributed by atoms with Gasteiger partial charge in [-0.15, -0.1) is 0 Å². The van der Waals surface area contributed by atoms with Gasteiger partial charge in [0.05, 0.1) is 32.3 Å². The summed E-state index contributed by atoms with van der Waals surface area (Å²) in [6.07, 6.45) is 94.4. The molecular weight excluding hydrogens is 2250 g/mol. The topological polar surface area (TPSA) is 0 Å².